The second kappa shape index (κ2) is 7.40. The van der Waals surface area contributed by atoms with E-state index in [1.807, 2.05) is 0 Å². The number of piperidine rings is 1. The molecule has 0 bridgehead atoms. The van der Waals surface area contributed by atoms with Crippen LogP contribution in [0.1, 0.15) is 39.5 Å². The van der Waals surface area contributed by atoms with Gasteiger partial charge in [0.15, 0.2) is 0 Å². The Morgan fingerprint density at radius 3 is 2.43 bits per heavy atom. The largest absolute Gasteiger partial charge is 0.373 e. The zero-order valence-electron chi connectivity index (χ0n) is 13.9. The molecule has 0 amide bonds. The van der Waals surface area contributed by atoms with E-state index in [2.05, 4.69) is 29.0 Å². The zero-order chi connectivity index (χ0) is 14.7. The van der Waals surface area contributed by atoms with Gasteiger partial charge in [-0.1, -0.05) is 0 Å². The van der Waals surface area contributed by atoms with Gasteiger partial charge in [-0.2, -0.15) is 0 Å². The van der Waals surface area contributed by atoms with Gasteiger partial charge >= 0.3 is 0 Å². The molecule has 4 heteroatoms. The highest BCUT2D eigenvalue weighted by atomic mass is 16.5. The van der Waals surface area contributed by atoms with Crippen molar-refractivity contribution < 1.29 is 4.74 Å². The normalized spacial score (nSPS) is 37.1. The fourth-order valence-electron chi connectivity index (χ4n) is 4.47. The molecule has 21 heavy (non-hydrogen) atoms. The molecule has 3 heterocycles. The van der Waals surface area contributed by atoms with Crippen LogP contribution in [0.2, 0.25) is 0 Å². The summed E-state index contributed by atoms with van der Waals surface area (Å²) < 4.78 is 5.87. The molecule has 0 aromatic heterocycles. The maximum Gasteiger partial charge on any atom is 0.0678 e. The van der Waals surface area contributed by atoms with Crippen LogP contribution in [0.3, 0.4) is 0 Å². The molecule has 0 spiro atoms. The summed E-state index contributed by atoms with van der Waals surface area (Å²) in [6.07, 6.45) is 6.32. The highest BCUT2D eigenvalue weighted by Crippen LogP contribution is 2.24. The van der Waals surface area contributed by atoms with Crippen LogP contribution in [0.15, 0.2) is 0 Å². The Labute approximate surface area is 130 Å². The van der Waals surface area contributed by atoms with E-state index in [0.717, 1.165) is 25.0 Å². The van der Waals surface area contributed by atoms with Crippen LogP contribution in [0.25, 0.3) is 0 Å². The smallest absolute Gasteiger partial charge is 0.0678 e. The van der Waals surface area contributed by atoms with Gasteiger partial charge in [0, 0.05) is 32.2 Å². The van der Waals surface area contributed by atoms with Crippen molar-refractivity contribution in [3.63, 3.8) is 0 Å². The van der Waals surface area contributed by atoms with E-state index in [1.54, 1.807) is 0 Å². The van der Waals surface area contributed by atoms with Crippen molar-refractivity contribution in [2.45, 2.75) is 57.8 Å². The van der Waals surface area contributed by atoms with E-state index in [0.29, 0.717) is 12.2 Å². The van der Waals surface area contributed by atoms with Crippen molar-refractivity contribution in [1.29, 1.82) is 0 Å². The summed E-state index contributed by atoms with van der Waals surface area (Å²) in [6, 6.07) is 0.789. The van der Waals surface area contributed by atoms with E-state index >= 15 is 0 Å². The van der Waals surface area contributed by atoms with Crippen LogP contribution in [-0.2, 0) is 4.74 Å². The third kappa shape index (κ3) is 4.41. The molecule has 4 nitrogen and oxygen atoms in total. The van der Waals surface area contributed by atoms with Crippen molar-refractivity contribution >= 4 is 0 Å². The van der Waals surface area contributed by atoms with Crippen molar-refractivity contribution in [2.75, 3.05) is 45.8 Å². The van der Waals surface area contributed by atoms with Gasteiger partial charge < -0.3 is 10.1 Å². The van der Waals surface area contributed by atoms with Crippen LogP contribution < -0.4 is 5.32 Å². The lowest BCUT2D eigenvalue weighted by molar-refractivity contribution is -0.0725. The molecule has 0 aliphatic carbocycles. The first kappa shape index (κ1) is 15.7. The van der Waals surface area contributed by atoms with E-state index < -0.39 is 0 Å². The van der Waals surface area contributed by atoms with Crippen LogP contribution >= 0.6 is 0 Å². The van der Waals surface area contributed by atoms with Gasteiger partial charge in [0.25, 0.3) is 0 Å². The Kier molecular flexibility index (Phi) is 5.54. The summed E-state index contributed by atoms with van der Waals surface area (Å²) in [5.74, 6) is 0.925. The lowest BCUT2D eigenvalue weighted by atomic mass is 9.97. The first-order chi connectivity index (χ1) is 10.2. The first-order valence-electron chi connectivity index (χ1n) is 9.03. The number of rotatable bonds is 4. The second-order valence-electron chi connectivity index (χ2n) is 7.46. The summed E-state index contributed by atoms with van der Waals surface area (Å²) in [5, 5.41) is 3.49. The van der Waals surface area contributed by atoms with Gasteiger partial charge in [0.1, 0.15) is 0 Å². The predicted octanol–water partition coefficient (Wildman–Crippen LogP) is 1.56. The molecular weight excluding hydrogens is 262 g/mol. The fourth-order valence-corrected chi connectivity index (χ4v) is 4.47. The van der Waals surface area contributed by atoms with E-state index in [-0.39, 0.29) is 0 Å². The molecule has 3 fully saturated rings. The molecule has 0 aromatic carbocycles. The third-order valence-electron chi connectivity index (χ3n) is 5.41. The molecule has 1 N–H and O–H groups in total. The molecule has 0 aromatic rings. The molecule has 3 aliphatic rings. The second-order valence-corrected chi connectivity index (χ2v) is 7.46. The quantitative estimate of drug-likeness (QED) is 0.852. The predicted molar refractivity (Wildman–Crippen MR) is 86.6 cm³/mol. The van der Waals surface area contributed by atoms with Crippen LogP contribution in [-0.4, -0.2) is 73.9 Å². The third-order valence-corrected chi connectivity index (χ3v) is 5.41. The lowest BCUT2D eigenvalue weighted by Crippen LogP contribution is -2.50. The Morgan fingerprint density at radius 1 is 1.00 bits per heavy atom. The van der Waals surface area contributed by atoms with E-state index in [1.165, 1.54) is 58.4 Å². The maximum atomic E-state index is 5.87. The van der Waals surface area contributed by atoms with Crippen LogP contribution in [0.4, 0.5) is 0 Å². The van der Waals surface area contributed by atoms with Gasteiger partial charge in [0.2, 0.25) is 0 Å². The topological polar surface area (TPSA) is 27.7 Å². The monoisotopic (exact) mass is 295 g/mol. The standard InChI is InChI=1S/C17H33N3O/c1-14-10-19(11-15(2)21-14)13-17-4-3-9-20(17)12-16-5-7-18-8-6-16/h14-18H,3-13H2,1-2H3. The Morgan fingerprint density at radius 2 is 1.71 bits per heavy atom. The SMILES string of the molecule is CC1CN(CC2CCCN2CC2CCNCC2)CC(C)O1. The molecule has 122 valence electrons. The number of hydrogen-bond donors (Lipinski definition) is 1. The van der Waals surface area contributed by atoms with Crippen LogP contribution in [0, 0.1) is 5.92 Å². The first-order valence-corrected chi connectivity index (χ1v) is 9.03. The maximum absolute atomic E-state index is 5.87. The Hall–Kier alpha value is -0.160. The molecule has 3 unspecified atom stereocenters. The zero-order valence-corrected chi connectivity index (χ0v) is 13.9. The number of nitrogens with one attached hydrogen (secondary N) is 1. The van der Waals surface area contributed by atoms with Gasteiger partial charge in [-0.25, -0.2) is 0 Å². The minimum absolute atomic E-state index is 0.396. The summed E-state index contributed by atoms with van der Waals surface area (Å²) in [6.45, 7) is 13.0. The van der Waals surface area contributed by atoms with Gasteiger partial charge in [0.05, 0.1) is 12.2 Å². The summed E-state index contributed by atoms with van der Waals surface area (Å²) in [4.78, 5) is 5.44. The van der Waals surface area contributed by atoms with E-state index in [4.69, 9.17) is 4.74 Å². The summed E-state index contributed by atoms with van der Waals surface area (Å²) in [7, 11) is 0. The van der Waals surface area contributed by atoms with Gasteiger partial charge in [-0.3, -0.25) is 9.80 Å². The van der Waals surface area contributed by atoms with Crippen molar-refractivity contribution in [3.05, 3.63) is 0 Å². The number of ether oxygens (including phenoxy) is 1. The molecule has 0 radical (unpaired) electrons. The summed E-state index contributed by atoms with van der Waals surface area (Å²) >= 11 is 0. The number of likely N-dealkylation sites (tertiary alicyclic amines) is 1. The van der Waals surface area contributed by atoms with Crippen molar-refractivity contribution in [1.82, 2.24) is 15.1 Å². The van der Waals surface area contributed by atoms with Gasteiger partial charge in [-0.05, 0) is 65.1 Å². The minimum Gasteiger partial charge on any atom is -0.373 e. The molecule has 3 aliphatic heterocycles. The lowest BCUT2D eigenvalue weighted by Gasteiger charge is -2.39. The average Bonchev–Trinajstić information content (AvgIpc) is 2.86. The molecule has 0 saturated carbocycles. The Balaban J connectivity index is 1.49. The molecule has 3 atom stereocenters. The van der Waals surface area contributed by atoms with Gasteiger partial charge in [-0.15, -0.1) is 0 Å². The molecular formula is C17H33N3O. The number of nitrogens with zero attached hydrogens (tertiary/aromatic N) is 2. The molecule has 3 saturated heterocycles. The summed E-state index contributed by atoms with van der Waals surface area (Å²) in [5.41, 5.74) is 0. The number of morpholine rings is 1. The van der Waals surface area contributed by atoms with E-state index in [9.17, 15) is 0 Å². The highest BCUT2D eigenvalue weighted by Gasteiger charge is 2.31. The number of hydrogen-bond acceptors (Lipinski definition) is 4. The van der Waals surface area contributed by atoms with Crippen molar-refractivity contribution in [2.24, 2.45) is 5.92 Å². The fraction of sp³-hybridized carbons (Fsp3) is 1.00. The Bertz CT molecular complexity index is 309. The van der Waals surface area contributed by atoms with Crippen LogP contribution in [0.5, 0.6) is 0 Å². The molecule has 3 rings (SSSR count). The highest BCUT2D eigenvalue weighted by molar-refractivity contribution is 4.86. The average molecular weight is 295 g/mol. The van der Waals surface area contributed by atoms with Crippen molar-refractivity contribution in [3.8, 4) is 0 Å². The minimum atomic E-state index is 0.396.